The van der Waals surface area contributed by atoms with Crippen LogP contribution in [0, 0.1) is 6.92 Å². The summed E-state index contributed by atoms with van der Waals surface area (Å²) in [7, 11) is 0. The van der Waals surface area contributed by atoms with Gasteiger partial charge in [-0.15, -0.1) is 11.3 Å². The molecule has 2 aromatic rings. The number of hydrogen-bond donors (Lipinski definition) is 0. The van der Waals surface area contributed by atoms with Crippen LogP contribution < -0.4 is 0 Å². The van der Waals surface area contributed by atoms with Crippen LogP contribution in [-0.4, -0.2) is 5.78 Å². The highest BCUT2D eigenvalue weighted by Crippen LogP contribution is 2.34. The number of ketones is 1. The largest absolute Gasteiger partial charge is 0.292 e. The molecule has 0 spiro atoms. The Kier molecular flexibility index (Phi) is 3.74. The van der Waals surface area contributed by atoms with Crippen LogP contribution in [0.15, 0.2) is 40.9 Å². The molecule has 0 saturated carbocycles. The molecule has 0 radical (unpaired) electrons. The molecule has 0 N–H and O–H groups in total. The average molecular weight is 323 g/mol. The predicted molar refractivity (Wildman–Crippen MR) is 80.6 cm³/mol. The third-order valence-electron chi connectivity index (χ3n) is 3.08. The second-order valence-electron chi connectivity index (χ2n) is 4.85. The van der Waals surface area contributed by atoms with Gasteiger partial charge in [-0.2, -0.15) is 0 Å². The molecule has 0 fully saturated rings. The summed E-state index contributed by atoms with van der Waals surface area (Å²) in [6, 6.07) is 11.9. The zero-order valence-electron chi connectivity index (χ0n) is 10.7. The van der Waals surface area contributed by atoms with Crippen molar-refractivity contribution < 1.29 is 4.79 Å². The molecule has 94 valence electrons. The van der Waals surface area contributed by atoms with Crippen LogP contribution in [0.1, 0.15) is 34.0 Å². The highest BCUT2D eigenvalue weighted by Gasteiger charge is 2.32. The van der Waals surface area contributed by atoms with E-state index < -0.39 is 5.41 Å². The lowest BCUT2D eigenvalue weighted by Gasteiger charge is -2.23. The second-order valence-corrected chi connectivity index (χ2v) is 6.96. The topological polar surface area (TPSA) is 17.1 Å². The van der Waals surface area contributed by atoms with E-state index in [-0.39, 0.29) is 5.78 Å². The first-order chi connectivity index (χ1) is 8.43. The van der Waals surface area contributed by atoms with Crippen LogP contribution in [0.4, 0.5) is 0 Å². The van der Waals surface area contributed by atoms with Gasteiger partial charge in [-0.3, -0.25) is 4.79 Å². The van der Waals surface area contributed by atoms with Gasteiger partial charge in [0.25, 0.3) is 0 Å². The highest BCUT2D eigenvalue weighted by molar-refractivity contribution is 9.10. The molecule has 1 aromatic carbocycles. The zero-order chi connectivity index (χ0) is 13.3. The minimum atomic E-state index is -0.499. The van der Waals surface area contributed by atoms with Gasteiger partial charge in [0, 0.05) is 9.35 Å². The Morgan fingerprint density at radius 3 is 2.33 bits per heavy atom. The van der Waals surface area contributed by atoms with E-state index in [2.05, 4.69) is 15.9 Å². The first kappa shape index (κ1) is 13.5. The number of carbonyl (C=O) groups is 1. The van der Waals surface area contributed by atoms with Crippen LogP contribution in [0.5, 0.6) is 0 Å². The second kappa shape index (κ2) is 4.98. The van der Waals surface area contributed by atoms with Crippen molar-refractivity contribution >= 4 is 33.0 Å². The Morgan fingerprint density at radius 2 is 1.83 bits per heavy atom. The van der Waals surface area contributed by atoms with Crippen molar-refractivity contribution in [1.82, 2.24) is 0 Å². The van der Waals surface area contributed by atoms with Gasteiger partial charge in [-0.1, -0.05) is 30.3 Å². The molecule has 1 aromatic heterocycles. The van der Waals surface area contributed by atoms with Crippen LogP contribution in [0.25, 0.3) is 0 Å². The Hall–Kier alpha value is -0.930. The molecule has 0 unspecified atom stereocenters. The van der Waals surface area contributed by atoms with Gasteiger partial charge in [0.05, 0.1) is 10.3 Å². The molecular formula is C15H15BrOS. The molecule has 0 amide bonds. The molecule has 1 nitrogen and oxygen atoms in total. The number of hydrogen-bond acceptors (Lipinski definition) is 2. The van der Waals surface area contributed by atoms with Crippen LogP contribution in [-0.2, 0) is 5.41 Å². The summed E-state index contributed by atoms with van der Waals surface area (Å²) in [5.74, 6) is 0.165. The number of Topliss-reactive ketones (excluding diaryl/α,β-unsaturated/α-hetero) is 1. The maximum Gasteiger partial charge on any atom is 0.183 e. The van der Waals surface area contributed by atoms with Crippen molar-refractivity contribution in [2.24, 2.45) is 0 Å². The standard InChI is InChI=1S/C15H15BrOS/c1-10-9-12(16)13(18-10)14(17)15(2,3)11-7-5-4-6-8-11/h4-9H,1-3H3. The molecule has 0 aliphatic carbocycles. The van der Waals surface area contributed by atoms with Crippen molar-refractivity contribution in [2.45, 2.75) is 26.2 Å². The normalized spacial score (nSPS) is 11.6. The summed E-state index contributed by atoms with van der Waals surface area (Å²) in [5.41, 5.74) is 0.550. The Labute approximate surface area is 120 Å². The summed E-state index contributed by atoms with van der Waals surface area (Å²) >= 11 is 5.02. The van der Waals surface area contributed by atoms with E-state index in [0.717, 1.165) is 19.8 Å². The van der Waals surface area contributed by atoms with Crippen LogP contribution in [0.2, 0.25) is 0 Å². The number of rotatable bonds is 3. The summed E-state index contributed by atoms with van der Waals surface area (Å²) < 4.78 is 0.902. The molecular weight excluding hydrogens is 308 g/mol. The van der Waals surface area contributed by atoms with Crippen molar-refractivity contribution in [1.29, 1.82) is 0 Å². The molecule has 0 saturated heterocycles. The highest BCUT2D eigenvalue weighted by atomic mass is 79.9. The first-order valence-electron chi connectivity index (χ1n) is 5.79. The summed E-state index contributed by atoms with van der Waals surface area (Å²) in [6.07, 6.45) is 0. The summed E-state index contributed by atoms with van der Waals surface area (Å²) in [5, 5.41) is 0. The van der Waals surface area contributed by atoms with Crippen molar-refractivity contribution in [3.05, 3.63) is 56.2 Å². The number of halogens is 1. The van der Waals surface area contributed by atoms with Crippen molar-refractivity contribution in [3.8, 4) is 0 Å². The molecule has 1 heterocycles. The molecule has 3 heteroatoms. The monoisotopic (exact) mass is 322 g/mol. The van der Waals surface area contributed by atoms with E-state index in [1.807, 2.05) is 57.2 Å². The molecule has 0 aliphatic rings. The minimum Gasteiger partial charge on any atom is -0.292 e. The van der Waals surface area contributed by atoms with Gasteiger partial charge in [0.2, 0.25) is 0 Å². The van der Waals surface area contributed by atoms with Crippen LogP contribution in [0.3, 0.4) is 0 Å². The van der Waals surface area contributed by atoms with E-state index in [1.54, 1.807) is 11.3 Å². The smallest absolute Gasteiger partial charge is 0.183 e. The SMILES string of the molecule is Cc1cc(Br)c(C(=O)C(C)(C)c2ccccc2)s1. The lowest BCUT2D eigenvalue weighted by molar-refractivity contribution is 0.0912. The summed E-state index contributed by atoms with van der Waals surface area (Å²) in [6.45, 7) is 5.97. The fourth-order valence-corrected chi connectivity index (χ4v) is 3.83. The third-order valence-corrected chi connectivity index (χ3v) is 5.02. The van der Waals surface area contributed by atoms with Crippen LogP contribution >= 0.6 is 27.3 Å². The maximum absolute atomic E-state index is 12.7. The molecule has 0 bridgehead atoms. The van der Waals surface area contributed by atoms with E-state index in [9.17, 15) is 4.79 Å². The Balaban J connectivity index is 2.42. The minimum absolute atomic E-state index is 0.165. The third kappa shape index (κ3) is 2.43. The van der Waals surface area contributed by atoms with Gasteiger partial charge in [0.1, 0.15) is 0 Å². The van der Waals surface area contributed by atoms with Gasteiger partial charge < -0.3 is 0 Å². The number of carbonyl (C=O) groups excluding carboxylic acids is 1. The average Bonchev–Trinajstić information content (AvgIpc) is 2.68. The lowest BCUT2D eigenvalue weighted by Crippen LogP contribution is -2.28. The Morgan fingerprint density at radius 1 is 1.22 bits per heavy atom. The number of benzene rings is 1. The van der Waals surface area contributed by atoms with E-state index in [4.69, 9.17) is 0 Å². The predicted octanol–water partition coefficient (Wildman–Crippen LogP) is 4.98. The fourth-order valence-electron chi connectivity index (χ4n) is 1.91. The van der Waals surface area contributed by atoms with Crippen molar-refractivity contribution in [3.63, 3.8) is 0 Å². The lowest BCUT2D eigenvalue weighted by atomic mass is 9.80. The van der Waals surface area contributed by atoms with E-state index >= 15 is 0 Å². The number of thiophene rings is 1. The van der Waals surface area contributed by atoms with Gasteiger partial charge in [-0.05, 0) is 48.3 Å². The molecule has 0 aliphatic heterocycles. The fraction of sp³-hybridized carbons (Fsp3) is 0.267. The van der Waals surface area contributed by atoms with E-state index in [0.29, 0.717) is 0 Å². The number of aryl methyl sites for hydroxylation is 1. The maximum atomic E-state index is 12.7. The Bertz CT molecular complexity index is 569. The van der Waals surface area contributed by atoms with Gasteiger partial charge in [-0.25, -0.2) is 0 Å². The zero-order valence-corrected chi connectivity index (χ0v) is 13.1. The molecule has 2 rings (SSSR count). The van der Waals surface area contributed by atoms with Gasteiger partial charge >= 0.3 is 0 Å². The first-order valence-corrected chi connectivity index (χ1v) is 7.40. The van der Waals surface area contributed by atoms with Crippen molar-refractivity contribution in [2.75, 3.05) is 0 Å². The molecule has 0 atom stereocenters. The van der Waals surface area contributed by atoms with E-state index in [1.165, 1.54) is 0 Å². The quantitative estimate of drug-likeness (QED) is 0.728. The molecule has 18 heavy (non-hydrogen) atoms. The summed E-state index contributed by atoms with van der Waals surface area (Å²) in [4.78, 5) is 14.6. The van der Waals surface area contributed by atoms with Gasteiger partial charge in [0.15, 0.2) is 5.78 Å².